The topological polar surface area (TPSA) is 93.5 Å². The van der Waals surface area contributed by atoms with E-state index in [0.29, 0.717) is 48.8 Å². The van der Waals surface area contributed by atoms with Gasteiger partial charge in [0.05, 0.1) is 36.1 Å². The van der Waals surface area contributed by atoms with E-state index in [1.165, 1.54) is 12.4 Å². The van der Waals surface area contributed by atoms with Crippen molar-refractivity contribution in [2.45, 2.75) is 13.0 Å². The van der Waals surface area contributed by atoms with Gasteiger partial charge in [0.25, 0.3) is 0 Å². The number of ether oxygens (including phenoxy) is 1. The number of aromatic amines is 1. The number of fused-ring (bicyclic) bond motifs is 1. The lowest BCUT2D eigenvalue weighted by Crippen LogP contribution is -2.17. The van der Waals surface area contributed by atoms with Crippen LogP contribution in [0.1, 0.15) is 5.69 Å². The zero-order valence-electron chi connectivity index (χ0n) is 13.2. The van der Waals surface area contributed by atoms with Crippen LogP contribution in [0, 0.1) is 5.82 Å². The van der Waals surface area contributed by atoms with Crippen LogP contribution in [0.2, 0.25) is 0 Å². The molecule has 0 aliphatic carbocycles. The highest BCUT2D eigenvalue weighted by Crippen LogP contribution is 2.34. The Labute approximate surface area is 141 Å². The van der Waals surface area contributed by atoms with E-state index in [0.717, 1.165) is 16.6 Å². The number of halogens is 1. The number of hydrogen-bond acceptors (Lipinski definition) is 6. The van der Waals surface area contributed by atoms with Gasteiger partial charge in [0.15, 0.2) is 23.0 Å². The molecule has 0 radical (unpaired) electrons. The van der Waals surface area contributed by atoms with Crippen LogP contribution in [0.4, 0.5) is 10.2 Å². The number of nitrogens with zero attached hydrogens (tertiary/aromatic N) is 5. The average Bonchev–Trinajstić information content (AvgIpc) is 3.25. The quantitative estimate of drug-likeness (QED) is 0.590. The second-order valence-electron chi connectivity index (χ2n) is 5.79. The highest BCUT2D eigenvalue weighted by atomic mass is 19.1. The highest BCUT2D eigenvalue weighted by Gasteiger charge is 2.22. The van der Waals surface area contributed by atoms with Crippen LogP contribution in [0.15, 0.2) is 24.8 Å². The van der Waals surface area contributed by atoms with E-state index >= 15 is 0 Å². The molecule has 126 valence electrons. The largest absolute Gasteiger partial charge is 0.489 e. The summed E-state index contributed by atoms with van der Waals surface area (Å²) in [7, 11) is 0. The molecule has 0 saturated heterocycles. The van der Waals surface area contributed by atoms with Gasteiger partial charge in [-0.2, -0.15) is 5.10 Å². The summed E-state index contributed by atoms with van der Waals surface area (Å²) in [6.07, 6.45) is 3.79. The Morgan fingerprint density at radius 2 is 2.24 bits per heavy atom. The molecule has 5 rings (SSSR count). The van der Waals surface area contributed by atoms with E-state index in [1.807, 2.05) is 4.68 Å². The molecule has 0 bridgehead atoms. The van der Waals surface area contributed by atoms with E-state index in [9.17, 15) is 4.39 Å². The molecular weight excluding hydrogens is 325 g/mol. The van der Waals surface area contributed by atoms with Crippen LogP contribution in [-0.4, -0.2) is 42.9 Å². The maximum Gasteiger partial charge on any atom is 0.166 e. The van der Waals surface area contributed by atoms with Crippen molar-refractivity contribution in [3.63, 3.8) is 0 Å². The fourth-order valence-corrected chi connectivity index (χ4v) is 3.23. The molecule has 0 fully saturated rings. The zero-order chi connectivity index (χ0) is 16.8. The Morgan fingerprint density at radius 3 is 3.20 bits per heavy atom. The molecule has 8 nitrogen and oxygen atoms in total. The molecule has 0 amide bonds. The van der Waals surface area contributed by atoms with Crippen molar-refractivity contribution in [3.05, 3.63) is 36.3 Å². The predicted octanol–water partition coefficient (Wildman–Crippen LogP) is 1.89. The summed E-state index contributed by atoms with van der Waals surface area (Å²) in [6.45, 7) is 1.70. The number of nitrogens with one attached hydrogen (secondary N) is 2. The van der Waals surface area contributed by atoms with E-state index in [-0.39, 0.29) is 5.82 Å². The van der Waals surface area contributed by atoms with Crippen molar-refractivity contribution in [1.82, 2.24) is 29.7 Å². The number of anilines is 1. The third-order valence-electron chi connectivity index (χ3n) is 4.33. The molecule has 0 unspecified atom stereocenters. The van der Waals surface area contributed by atoms with Crippen molar-refractivity contribution in [1.29, 1.82) is 0 Å². The SMILES string of the molecule is Fc1ccc2nn(CCNc3ncnc4[nH]cnc34)c3c2c1OCC3. The van der Waals surface area contributed by atoms with Crippen molar-refractivity contribution in [3.8, 4) is 5.75 Å². The minimum Gasteiger partial charge on any atom is -0.489 e. The number of hydrogen-bond donors (Lipinski definition) is 2. The van der Waals surface area contributed by atoms with Crippen LogP contribution < -0.4 is 10.1 Å². The van der Waals surface area contributed by atoms with Gasteiger partial charge in [0, 0.05) is 13.0 Å². The normalized spacial score (nSPS) is 13.3. The van der Waals surface area contributed by atoms with Crippen LogP contribution in [0.5, 0.6) is 5.75 Å². The third kappa shape index (κ3) is 2.19. The minimum atomic E-state index is -0.340. The van der Waals surface area contributed by atoms with Crippen molar-refractivity contribution in [2.24, 2.45) is 0 Å². The summed E-state index contributed by atoms with van der Waals surface area (Å²) >= 11 is 0. The summed E-state index contributed by atoms with van der Waals surface area (Å²) in [5.74, 6) is 0.645. The maximum absolute atomic E-state index is 13.9. The van der Waals surface area contributed by atoms with Gasteiger partial charge < -0.3 is 15.0 Å². The molecule has 25 heavy (non-hydrogen) atoms. The zero-order valence-corrected chi connectivity index (χ0v) is 13.2. The third-order valence-corrected chi connectivity index (χ3v) is 4.33. The second kappa shape index (κ2) is 5.40. The van der Waals surface area contributed by atoms with Gasteiger partial charge in [0.2, 0.25) is 0 Å². The lowest BCUT2D eigenvalue weighted by Gasteiger charge is -2.16. The average molecular weight is 339 g/mol. The number of imidazole rings is 1. The van der Waals surface area contributed by atoms with Gasteiger partial charge >= 0.3 is 0 Å². The molecule has 9 heteroatoms. The number of benzene rings is 1. The van der Waals surface area contributed by atoms with Crippen molar-refractivity contribution in [2.75, 3.05) is 18.5 Å². The summed E-state index contributed by atoms with van der Waals surface area (Å²) < 4.78 is 21.3. The molecule has 0 atom stereocenters. The first-order valence-electron chi connectivity index (χ1n) is 8.00. The Bertz CT molecular complexity index is 1090. The summed E-state index contributed by atoms with van der Waals surface area (Å²) in [5, 5.41) is 8.63. The molecule has 0 spiro atoms. The monoisotopic (exact) mass is 339 g/mol. The maximum atomic E-state index is 13.9. The van der Waals surface area contributed by atoms with Crippen LogP contribution in [-0.2, 0) is 13.0 Å². The Morgan fingerprint density at radius 1 is 1.28 bits per heavy atom. The van der Waals surface area contributed by atoms with Crippen molar-refractivity contribution < 1.29 is 9.13 Å². The molecule has 4 heterocycles. The highest BCUT2D eigenvalue weighted by molar-refractivity contribution is 5.89. The molecule has 1 aliphatic rings. The summed E-state index contributed by atoms with van der Waals surface area (Å²) in [5.41, 5.74) is 3.15. The summed E-state index contributed by atoms with van der Waals surface area (Å²) in [6, 6.07) is 3.09. The first kappa shape index (κ1) is 14.1. The predicted molar refractivity (Wildman–Crippen MR) is 89.1 cm³/mol. The van der Waals surface area contributed by atoms with E-state index in [1.54, 1.807) is 12.4 Å². The van der Waals surface area contributed by atoms with Gasteiger partial charge in [-0.05, 0) is 12.1 Å². The van der Waals surface area contributed by atoms with Crippen LogP contribution >= 0.6 is 0 Å². The van der Waals surface area contributed by atoms with E-state index < -0.39 is 0 Å². The molecule has 1 aromatic carbocycles. The fourth-order valence-electron chi connectivity index (χ4n) is 3.23. The molecule has 4 aromatic rings. The number of rotatable bonds is 4. The lowest BCUT2D eigenvalue weighted by molar-refractivity contribution is 0.297. The molecule has 1 aliphatic heterocycles. The van der Waals surface area contributed by atoms with Gasteiger partial charge in [-0.1, -0.05) is 0 Å². The molecule has 2 N–H and O–H groups in total. The lowest BCUT2D eigenvalue weighted by atomic mass is 10.1. The number of H-pyrrole nitrogens is 1. The fraction of sp³-hybridized carbons (Fsp3) is 0.250. The van der Waals surface area contributed by atoms with Crippen LogP contribution in [0.3, 0.4) is 0 Å². The molecular formula is C16H14FN7O. The Kier molecular flexibility index (Phi) is 3.06. The number of aromatic nitrogens is 6. The molecule has 0 saturated carbocycles. The smallest absolute Gasteiger partial charge is 0.166 e. The van der Waals surface area contributed by atoms with Gasteiger partial charge in [0.1, 0.15) is 11.8 Å². The summed E-state index contributed by atoms with van der Waals surface area (Å²) in [4.78, 5) is 15.5. The molecule has 3 aromatic heterocycles. The second-order valence-corrected chi connectivity index (χ2v) is 5.79. The van der Waals surface area contributed by atoms with E-state index in [2.05, 4.69) is 30.4 Å². The van der Waals surface area contributed by atoms with Crippen LogP contribution in [0.25, 0.3) is 22.1 Å². The first-order valence-corrected chi connectivity index (χ1v) is 8.00. The standard InChI is InChI=1S/C16H14FN7O/c17-9-1-2-10-12-11(3-6-25-14(9)12)24(23-10)5-4-18-15-13-16(20-7-19-13)22-8-21-15/h1-2,7-8H,3-6H2,(H2,18,19,20,21,22). The van der Waals surface area contributed by atoms with Gasteiger partial charge in [-0.3, -0.25) is 4.68 Å². The Balaban J connectivity index is 1.42. The first-order chi connectivity index (χ1) is 12.3. The Hall–Kier alpha value is -3.23. The van der Waals surface area contributed by atoms with Gasteiger partial charge in [-0.25, -0.2) is 19.3 Å². The van der Waals surface area contributed by atoms with Crippen molar-refractivity contribution >= 4 is 27.9 Å². The minimum absolute atomic E-state index is 0.312. The van der Waals surface area contributed by atoms with Gasteiger partial charge in [-0.15, -0.1) is 0 Å². The van der Waals surface area contributed by atoms with E-state index in [4.69, 9.17) is 4.74 Å².